The Labute approximate surface area is 281 Å². The van der Waals surface area contributed by atoms with Crippen molar-refractivity contribution in [2.24, 2.45) is 5.73 Å². The van der Waals surface area contributed by atoms with E-state index in [1.807, 2.05) is 60.7 Å². The molecular formula is C32H42Cl2N6O6. The lowest BCUT2D eigenvalue weighted by atomic mass is 10.0. The van der Waals surface area contributed by atoms with Crippen LogP contribution in [-0.2, 0) is 41.7 Å². The summed E-state index contributed by atoms with van der Waals surface area (Å²) < 4.78 is 12.3. The lowest BCUT2D eigenvalue weighted by Gasteiger charge is -2.28. The number of carbonyl (C=O) groups is 4. The molecule has 0 bridgehead atoms. The van der Waals surface area contributed by atoms with Crippen molar-refractivity contribution in [2.45, 2.75) is 63.4 Å². The summed E-state index contributed by atoms with van der Waals surface area (Å²) in [6.07, 6.45) is 4.58. The number of halogens is 2. The van der Waals surface area contributed by atoms with Gasteiger partial charge in [0.1, 0.15) is 18.1 Å². The van der Waals surface area contributed by atoms with E-state index in [0.29, 0.717) is 25.8 Å². The Morgan fingerprint density at radius 1 is 1.02 bits per heavy atom. The number of aromatic nitrogens is 2. The number of rotatable bonds is 13. The fourth-order valence-electron chi connectivity index (χ4n) is 4.94. The minimum absolute atomic E-state index is 0. The maximum absolute atomic E-state index is 13.9. The molecule has 1 fully saturated rings. The van der Waals surface area contributed by atoms with Crippen LogP contribution in [0.4, 0.5) is 5.82 Å². The van der Waals surface area contributed by atoms with Crippen LogP contribution < -0.4 is 16.4 Å². The Morgan fingerprint density at radius 3 is 2.26 bits per heavy atom. The highest BCUT2D eigenvalue weighted by molar-refractivity contribution is 5.98. The van der Waals surface area contributed by atoms with Crippen LogP contribution in [0.3, 0.4) is 0 Å². The zero-order valence-electron chi connectivity index (χ0n) is 26.1. The van der Waals surface area contributed by atoms with E-state index < -0.39 is 41.4 Å². The summed E-state index contributed by atoms with van der Waals surface area (Å²) in [5, 5.41) is 5.39. The molecule has 0 spiro atoms. The monoisotopic (exact) mass is 676 g/mol. The van der Waals surface area contributed by atoms with Crippen molar-refractivity contribution in [3.63, 3.8) is 0 Å². The van der Waals surface area contributed by atoms with E-state index in [4.69, 9.17) is 15.2 Å². The molecule has 14 heteroatoms. The van der Waals surface area contributed by atoms with E-state index in [0.717, 1.165) is 11.1 Å². The summed E-state index contributed by atoms with van der Waals surface area (Å²) >= 11 is 0. The fraction of sp³-hybridized carbons (Fsp3) is 0.406. The summed E-state index contributed by atoms with van der Waals surface area (Å²) in [5.41, 5.74) is 6.56. The number of carbonyl (C=O) groups excluding carboxylic acids is 4. The van der Waals surface area contributed by atoms with Crippen LogP contribution in [0.15, 0.2) is 73.2 Å². The second-order valence-electron chi connectivity index (χ2n) is 11.4. The van der Waals surface area contributed by atoms with Gasteiger partial charge in [-0.05, 0) is 37.8 Å². The van der Waals surface area contributed by atoms with Gasteiger partial charge in [0, 0.05) is 19.2 Å². The van der Waals surface area contributed by atoms with Gasteiger partial charge in [-0.25, -0.2) is 9.78 Å². The number of nitrogens with zero attached hydrogens (tertiary/aromatic N) is 3. The third-order valence-electron chi connectivity index (χ3n) is 7.38. The Kier molecular flexibility index (Phi) is 14.7. The highest BCUT2D eigenvalue weighted by Gasteiger charge is 2.38. The molecule has 2 aromatic carbocycles. The minimum atomic E-state index is -1.22. The van der Waals surface area contributed by atoms with Crippen LogP contribution in [-0.4, -0.2) is 76.0 Å². The highest BCUT2D eigenvalue weighted by atomic mass is 35.5. The van der Waals surface area contributed by atoms with Gasteiger partial charge < -0.3 is 35.3 Å². The molecule has 1 aliphatic rings. The van der Waals surface area contributed by atoms with Crippen molar-refractivity contribution in [1.29, 1.82) is 0 Å². The number of esters is 1. The summed E-state index contributed by atoms with van der Waals surface area (Å²) in [6.45, 7) is 3.65. The Hall–Kier alpha value is -3.97. The van der Waals surface area contributed by atoms with Crippen LogP contribution >= 0.6 is 24.8 Å². The molecule has 12 nitrogen and oxygen atoms in total. The molecule has 1 unspecified atom stereocenters. The fourth-order valence-corrected chi connectivity index (χ4v) is 4.94. The van der Waals surface area contributed by atoms with Gasteiger partial charge in [-0.2, -0.15) is 0 Å². The third kappa shape index (κ3) is 10.3. The average Bonchev–Trinajstić information content (AvgIpc) is 3.69. The van der Waals surface area contributed by atoms with Gasteiger partial charge in [0.15, 0.2) is 5.82 Å². The number of likely N-dealkylation sites (tertiary alicyclic amines) is 1. The van der Waals surface area contributed by atoms with Gasteiger partial charge in [-0.3, -0.25) is 14.4 Å². The first kappa shape index (κ1) is 38.2. The molecule has 3 aromatic rings. The van der Waals surface area contributed by atoms with Gasteiger partial charge in [-0.1, -0.05) is 60.7 Å². The van der Waals surface area contributed by atoms with Crippen LogP contribution in [0.1, 0.15) is 43.9 Å². The number of amides is 3. The second-order valence-corrected chi connectivity index (χ2v) is 11.4. The first-order chi connectivity index (χ1) is 21.1. The second kappa shape index (κ2) is 17.7. The summed E-state index contributed by atoms with van der Waals surface area (Å²) in [5.74, 6) is -1.60. The Morgan fingerprint density at radius 2 is 1.65 bits per heavy atom. The maximum atomic E-state index is 13.9. The van der Waals surface area contributed by atoms with E-state index in [-0.39, 0.29) is 49.8 Å². The molecule has 0 radical (unpaired) electrons. The molecule has 4 N–H and O–H groups in total. The van der Waals surface area contributed by atoms with Crippen molar-refractivity contribution in [2.75, 3.05) is 25.6 Å². The van der Waals surface area contributed by atoms with E-state index in [2.05, 4.69) is 15.6 Å². The first-order valence-electron chi connectivity index (χ1n) is 14.5. The number of benzene rings is 2. The third-order valence-corrected chi connectivity index (χ3v) is 7.38. The predicted octanol–water partition coefficient (Wildman–Crippen LogP) is 3.05. The zero-order valence-corrected chi connectivity index (χ0v) is 27.7. The minimum Gasteiger partial charge on any atom is -0.467 e. The number of nitrogens with two attached hydrogens (primary N) is 1. The van der Waals surface area contributed by atoms with Crippen LogP contribution in [0.2, 0.25) is 0 Å². The van der Waals surface area contributed by atoms with Gasteiger partial charge in [0.05, 0.1) is 32.2 Å². The lowest BCUT2D eigenvalue weighted by Crippen LogP contribution is -2.56. The molecule has 0 saturated carbocycles. The molecular weight excluding hydrogens is 635 g/mol. The smallest absolute Gasteiger partial charge is 0.328 e. The molecule has 4 rings (SSSR count). The molecule has 1 aromatic heterocycles. The number of imidazole rings is 1. The van der Waals surface area contributed by atoms with E-state index in [1.54, 1.807) is 29.5 Å². The average molecular weight is 678 g/mol. The highest BCUT2D eigenvalue weighted by Crippen LogP contribution is 2.26. The van der Waals surface area contributed by atoms with Crippen molar-refractivity contribution in [1.82, 2.24) is 19.8 Å². The van der Waals surface area contributed by atoms with Gasteiger partial charge in [-0.15, -0.1) is 24.8 Å². The zero-order chi connectivity index (χ0) is 31.7. The number of ether oxygens (including phenoxy) is 2. The van der Waals surface area contributed by atoms with Crippen LogP contribution in [0, 0.1) is 0 Å². The number of hydrogen-bond acceptors (Lipinski definition) is 8. The molecule has 1 aliphatic heterocycles. The Balaban J connectivity index is 0.00000368. The molecule has 2 heterocycles. The number of anilines is 1. The SMILES string of the molecule is COC(=O)[C@@H]1CCCN1C(=O)C(Cc1ccccc1)n1cnc(NC(=O)[C@@H](COCc2ccccc2)NC(=O)C(C)(C)N)c1.Cl.Cl. The quantitative estimate of drug-likeness (QED) is 0.233. The van der Waals surface area contributed by atoms with Gasteiger partial charge in [0.25, 0.3) is 5.91 Å². The summed E-state index contributed by atoms with van der Waals surface area (Å²) in [4.78, 5) is 58.2. The molecule has 3 amide bonds. The van der Waals surface area contributed by atoms with E-state index >= 15 is 0 Å². The number of hydrogen-bond donors (Lipinski definition) is 3. The van der Waals surface area contributed by atoms with Crippen LogP contribution in [0.5, 0.6) is 0 Å². The van der Waals surface area contributed by atoms with Crippen LogP contribution in [0.25, 0.3) is 0 Å². The molecule has 3 atom stereocenters. The normalized spacial score (nSPS) is 15.5. The lowest BCUT2D eigenvalue weighted by molar-refractivity contribution is -0.152. The number of methoxy groups -OCH3 is 1. The largest absolute Gasteiger partial charge is 0.467 e. The summed E-state index contributed by atoms with van der Waals surface area (Å²) in [7, 11) is 1.31. The molecule has 1 saturated heterocycles. The predicted molar refractivity (Wildman–Crippen MR) is 178 cm³/mol. The van der Waals surface area contributed by atoms with Crippen molar-refractivity contribution in [3.8, 4) is 0 Å². The van der Waals surface area contributed by atoms with Crippen molar-refractivity contribution in [3.05, 3.63) is 84.3 Å². The molecule has 46 heavy (non-hydrogen) atoms. The van der Waals surface area contributed by atoms with Gasteiger partial charge in [0.2, 0.25) is 11.8 Å². The van der Waals surface area contributed by atoms with Crippen molar-refractivity contribution < 1.29 is 28.7 Å². The molecule has 0 aliphatic carbocycles. The summed E-state index contributed by atoms with van der Waals surface area (Å²) in [6, 6.07) is 16.5. The van der Waals surface area contributed by atoms with E-state index in [1.165, 1.54) is 13.4 Å². The maximum Gasteiger partial charge on any atom is 0.328 e. The van der Waals surface area contributed by atoms with Crippen molar-refractivity contribution >= 4 is 54.3 Å². The number of nitrogens with one attached hydrogen (secondary N) is 2. The van der Waals surface area contributed by atoms with E-state index in [9.17, 15) is 19.2 Å². The topological polar surface area (TPSA) is 158 Å². The van der Waals surface area contributed by atoms with Gasteiger partial charge >= 0.3 is 5.97 Å². The molecule has 250 valence electrons. The first-order valence-corrected chi connectivity index (χ1v) is 14.5. The standard InChI is InChI=1S/C32H40N6O6.2ClH/c1-32(2,33)31(42)35-24(20-44-19-23-13-8-5-9-14-23)28(39)36-27-18-37(21-34-27)26(17-22-11-6-4-7-12-22)29(40)38-16-10-15-25(38)30(41)43-3;;/h4-9,11-14,18,21,24-26H,10,15-17,19-20,33H2,1-3H3,(H,35,42)(H,36,39);2*1H/t24-,25+,26?;;/m1../s1. The Bertz CT molecular complexity index is 1430.